The van der Waals surface area contributed by atoms with Gasteiger partial charge in [0.15, 0.2) is 5.16 Å². The van der Waals surface area contributed by atoms with E-state index in [1.807, 2.05) is 24.3 Å². The number of thioether (sulfide) groups is 1. The van der Waals surface area contributed by atoms with Crippen molar-refractivity contribution < 1.29 is 9.53 Å². The number of aromatic nitrogens is 2. The summed E-state index contributed by atoms with van der Waals surface area (Å²) in [6.07, 6.45) is 2.25. The molecule has 2 aliphatic heterocycles. The van der Waals surface area contributed by atoms with Crippen LogP contribution in [0.25, 0.3) is 0 Å². The summed E-state index contributed by atoms with van der Waals surface area (Å²) in [6, 6.07) is 9.99. The lowest BCUT2D eigenvalue weighted by Crippen LogP contribution is -2.46. The molecule has 0 spiro atoms. The van der Waals surface area contributed by atoms with Crippen LogP contribution in [-0.4, -0.2) is 72.8 Å². The van der Waals surface area contributed by atoms with Gasteiger partial charge in [-0.1, -0.05) is 51.6 Å². The Hall–Kier alpha value is -2.16. The third kappa shape index (κ3) is 7.18. The lowest BCUT2D eigenvalue weighted by molar-refractivity contribution is 0.0858. The zero-order valence-corrected chi connectivity index (χ0v) is 22.4. The maximum absolute atomic E-state index is 12.5. The zero-order chi connectivity index (χ0) is 24.8. The lowest BCUT2D eigenvalue weighted by Gasteiger charge is -2.35. The second-order valence-corrected chi connectivity index (χ2v) is 11.3. The van der Waals surface area contributed by atoms with Gasteiger partial charge in [0.1, 0.15) is 5.82 Å². The first-order valence-electron chi connectivity index (χ1n) is 12.8. The van der Waals surface area contributed by atoms with Crippen molar-refractivity contribution in [1.29, 1.82) is 0 Å². The Morgan fingerprint density at radius 3 is 2.51 bits per heavy atom. The van der Waals surface area contributed by atoms with Crippen molar-refractivity contribution in [3.63, 3.8) is 0 Å². The van der Waals surface area contributed by atoms with Crippen LogP contribution >= 0.6 is 11.8 Å². The molecule has 4 rings (SSSR count). The van der Waals surface area contributed by atoms with Crippen LogP contribution in [0.5, 0.6) is 0 Å². The monoisotopic (exact) mass is 497 g/mol. The number of likely N-dealkylation sites (N-methyl/N-ethyl adjacent to an activating group) is 1. The van der Waals surface area contributed by atoms with Crippen molar-refractivity contribution in [3.8, 4) is 0 Å². The molecule has 8 heteroatoms. The summed E-state index contributed by atoms with van der Waals surface area (Å²) >= 11 is 1.65. The average Bonchev–Trinajstić information content (AvgIpc) is 3.39. The summed E-state index contributed by atoms with van der Waals surface area (Å²) in [5.74, 6) is 1.74. The zero-order valence-electron chi connectivity index (χ0n) is 21.5. The van der Waals surface area contributed by atoms with Crippen molar-refractivity contribution in [3.05, 3.63) is 47.2 Å². The van der Waals surface area contributed by atoms with Gasteiger partial charge >= 0.3 is 0 Å². The van der Waals surface area contributed by atoms with E-state index in [2.05, 4.69) is 48.9 Å². The molecule has 2 aliphatic rings. The topological polar surface area (TPSA) is 70.6 Å². The number of rotatable bonds is 8. The molecule has 2 fully saturated rings. The van der Waals surface area contributed by atoms with Crippen LogP contribution in [0.1, 0.15) is 62.2 Å². The molecule has 3 heterocycles. The third-order valence-corrected chi connectivity index (χ3v) is 7.62. The van der Waals surface area contributed by atoms with Crippen LogP contribution in [0, 0.1) is 0 Å². The molecule has 0 bridgehead atoms. The van der Waals surface area contributed by atoms with E-state index in [9.17, 15) is 4.79 Å². The highest BCUT2D eigenvalue weighted by atomic mass is 32.2. The number of carbonyl (C=O) groups excluding carboxylic acids is 1. The molecule has 1 atom stereocenters. The van der Waals surface area contributed by atoms with E-state index in [4.69, 9.17) is 14.7 Å². The summed E-state index contributed by atoms with van der Waals surface area (Å²) in [5.41, 5.74) is 2.85. The van der Waals surface area contributed by atoms with Gasteiger partial charge in [-0.05, 0) is 37.1 Å². The standard InChI is InChI=1S/C27H39N5O2S/c1-5-31-12-14-32(15-13-31)24-17-23(27(2,3)4)29-26(30-24)35-19-20-8-10-21(11-9-20)25(33)28-18-22-7-6-16-34-22/h8-11,17,22H,5-7,12-16,18-19H2,1-4H3,(H,28,33)/t22-/m0/s1. The minimum atomic E-state index is -0.0475. The Kier molecular flexibility index (Phi) is 8.68. The van der Waals surface area contributed by atoms with E-state index in [-0.39, 0.29) is 17.4 Å². The SMILES string of the molecule is CCN1CCN(c2cc(C(C)(C)C)nc(SCc3ccc(C(=O)NC[C@@H]4CCCO4)cc3)n2)CC1. The summed E-state index contributed by atoms with van der Waals surface area (Å²) < 4.78 is 5.58. The first-order valence-corrected chi connectivity index (χ1v) is 13.8. The molecule has 1 amide bonds. The molecule has 2 saturated heterocycles. The fraction of sp³-hybridized carbons (Fsp3) is 0.593. The van der Waals surface area contributed by atoms with Gasteiger partial charge in [0.25, 0.3) is 5.91 Å². The number of hydrogen-bond donors (Lipinski definition) is 1. The van der Waals surface area contributed by atoms with Crippen LogP contribution in [0.15, 0.2) is 35.5 Å². The normalized spacial score (nSPS) is 19.2. The number of anilines is 1. The van der Waals surface area contributed by atoms with Gasteiger partial charge in [0.05, 0.1) is 11.8 Å². The quantitative estimate of drug-likeness (QED) is 0.435. The van der Waals surface area contributed by atoms with Crippen LogP contribution in [0.4, 0.5) is 5.82 Å². The molecule has 2 aromatic rings. The van der Waals surface area contributed by atoms with E-state index in [1.165, 1.54) is 0 Å². The molecule has 7 nitrogen and oxygen atoms in total. The fourth-order valence-electron chi connectivity index (χ4n) is 4.33. The Morgan fingerprint density at radius 1 is 1.14 bits per heavy atom. The van der Waals surface area contributed by atoms with Gasteiger partial charge in [-0.15, -0.1) is 0 Å². The van der Waals surface area contributed by atoms with Crippen LogP contribution in [0.2, 0.25) is 0 Å². The van der Waals surface area contributed by atoms with Crippen molar-refractivity contribution in [2.24, 2.45) is 0 Å². The minimum absolute atomic E-state index is 0.0449. The molecule has 0 unspecified atom stereocenters. The maximum Gasteiger partial charge on any atom is 0.251 e. The van der Waals surface area contributed by atoms with E-state index < -0.39 is 0 Å². The van der Waals surface area contributed by atoms with E-state index in [1.54, 1.807) is 11.8 Å². The number of ether oxygens (including phenoxy) is 1. The van der Waals surface area contributed by atoms with Crippen molar-refractivity contribution in [2.45, 2.75) is 63.0 Å². The summed E-state index contributed by atoms with van der Waals surface area (Å²) in [5, 5.41) is 3.79. The Morgan fingerprint density at radius 2 is 1.89 bits per heavy atom. The second-order valence-electron chi connectivity index (χ2n) is 10.4. The third-order valence-electron chi connectivity index (χ3n) is 6.70. The molecule has 0 aliphatic carbocycles. The van der Waals surface area contributed by atoms with Crippen molar-refractivity contribution in [2.75, 3.05) is 50.8 Å². The summed E-state index contributed by atoms with van der Waals surface area (Å²) in [6.45, 7) is 15.4. The maximum atomic E-state index is 12.5. The molecule has 35 heavy (non-hydrogen) atoms. The molecular formula is C27H39N5O2S. The molecule has 1 aromatic heterocycles. The van der Waals surface area contributed by atoms with Crippen molar-refractivity contribution >= 4 is 23.5 Å². The second kappa shape index (κ2) is 11.7. The highest BCUT2D eigenvalue weighted by Gasteiger charge is 2.23. The number of benzene rings is 1. The Bertz CT molecular complexity index is 978. The predicted octanol–water partition coefficient (Wildman–Crippen LogP) is 4.12. The van der Waals surface area contributed by atoms with Gasteiger partial charge in [-0.25, -0.2) is 9.97 Å². The smallest absolute Gasteiger partial charge is 0.251 e. The molecule has 1 aromatic carbocycles. The largest absolute Gasteiger partial charge is 0.376 e. The van der Waals surface area contributed by atoms with Gasteiger partial charge in [-0.3, -0.25) is 4.79 Å². The summed E-state index contributed by atoms with van der Waals surface area (Å²) in [7, 11) is 0. The molecule has 190 valence electrons. The Labute approximate surface area is 214 Å². The first-order chi connectivity index (χ1) is 16.8. The molecule has 1 N–H and O–H groups in total. The van der Waals surface area contributed by atoms with Crippen LogP contribution in [0.3, 0.4) is 0 Å². The first kappa shape index (κ1) is 25.9. The van der Waals surface area contributed by atoms with E-state index in [0.717, 1.165) is 80.2 Å². The van der Waals surface area contributed by atoms with Gasteiger partial charge in [0.2, 0.25) is 0 Å². The lowest BCUT2D eigenvalue weighted by atomic mass is 9.92. The average molecular weight is 498 g/mol. The van der Waals surface area contributed by atoms with E-state index in [0.29, 0.717) is 12.1 Å². The molecule has 0 radical (unpaired) electrons. The number of piperazine rings is 1. The molecular weight excluding hydrogens is 458 g/mol. The number of hydrogen-bond acceptors (Lipinski definition) is 7. The van der Waals surface area contributed by atoms with Gasteiger partial charge in [-0.2, -0.15) is 0 Å². The highest BCUT2D eigenvalue weighted by Crippen LogP contribution is 2.29. The number of nitrogens with one attached hydrogen (secondary N) is 1. The van der Waals surface area contributed by atoms with E-state index >= 15 is 0 Å². The van der Waals surface area contributed by atoms with Crippen molar-refractivity contribution in [1.82, 2.24) is 20.2 Å². The van der Waals surface area contributed by atoms with Crippen LogP contribution < -0.4 is 10.2 Å². The van der Waals surface area contributed by atoms with Gasteiger partial charge < -0.3 is 19.9 Å². The number of carbonyl (C=O) groups is 1. The summed E-state index contributed by atoms with van der Waals surface area (Å²) in [4.78, 5) is 27.1. The van der Waals surface area contributed by atoms with Crippen LogP contribution in [-0.2, 0) is 15.9 Å². The number of amides is 1. The molecule has 0 saturated carbocycles. The highest BCUT2D eigenvalue weighted by molar-refractivity contribution is 7.98. The predicted molar refractivity (Wildman–Crippen MR) is 142 cm³/mol. The Balaban J connectivity index is 1.38. The van der Waals surface area contributed by atoms with Gasteiger partial charge in [0, 0.05) is 62.1 Å². The number of nitrogens with zero attached hydrogens (tertiary/aromatic N) is 4. The fourth-order valence-corrected chi connectivity index (χ4v) is 5.14. The minimum Gasteiger partial charge on any atom is -0.376 e.